The zero-order valence-electron chi connectivity index (χ0n) is 19.1. The number of halogens is 1. The standard InChI is InChI=1S/C25H30FN3O4S/c26-23-15-24(33-20-8-4-11-28(17-20)16-18-6-2-1-3-7-18)21(19-9-10-19)14-22(23)25(30)27-34(31,32)29-12-5-13-29/h1-3,6-7,14-15,19-20H,4-5,8-13,16-17H2,(H,27,30)/t20-/m1/s1. The molecule has 7 nitrogen and oxygen atoms in total. The van der Waals surface area contributed by atoms with E-state index >= 15 is 0 Å². The van der Waals surface area contributed by atoms with Crippen molar-refractivity contribution in [2.45, 2.75) is 50.7 Å². The molecule has 9 heteroatoms. The summed E-state index contributed by atoms with van der Waals surface area (Å²) in [5, 5.41) is 0. The van der Waals surface area contributed by atoms with Crippen LogP contribution in [-0.4, -0.2) is 55.8 Å². The molecule has 0 radical (unpaired) electrons. The fourth-order valence-corrected chi connectivity index (χ4v) is 5.81. The van der Waals surface area contributed by atoms with E-state index in [1.165, 1.54) is 22.0 Å². The van der Waals surface area contributed by atoms with Gasteiger partial charge in [-0.25, -0.2) is 9.11 Å². The van der Waals surface area contributed by atoms with Gasteiger partial charge in [0.25, 0.3) is 5.91 Å². The van der Waals surface area contributed by atoms with E-state index in [1.54, 1.807) is 0 Å². The first-order valence-electron chi connectivity index (χ1n) is 12.0. The minimum atomic E-state index is -3.94. The number of nitrogens with one attached hydrogen (secondary N) is 1. The monoisotopic (exact) mass is 487 g/mol. The molecule has 34 heavy (non-hydrogen) atoms. The Morgan fingerprint density at radius 3 is 2.50 bits per heavy atom. The van der Waals surface area contributed by atoms with E-state index in [1.807, 2.05) is 22.9 Å². The maximum atomic E-state index is 15.0. The number of carbonyl (C=O) groups excluding carboxylic acids is 1. The minimum Gasteiger partial charge on any atom is -0.489 e. The molecule has 2 saturated heterocycles. The molecule has 1 atom stereocenters. The Morgan fingerprint density at radius 1 is 1.06 bits per heavy atom. The fourth-order valence-electron chi connectivity index (χ4n) is 4.60. The fraction of sp³-hybridized carbons (Fsp3) is 0.480. The molecule has 1 aliphatic carbocycles. The van der Waals surface area contributed by atoms with E-state index < -0.39 is 21.9 Å². The lowest BCUT2D eigenvalue weighted by molar-refractivity contribution is 0.0832. The first kappa shape index (κ1) is 23.3. The predicted octanol–water partition coefficient (Wildman–Crippen LogP) is 3.43. The number of rotatable bonds is 8. The molecule has 1 amide bonds. The van der Waals surface area contributed by atoms with E-state index in [0.29, 0.717) is 18.8 Å². The van der Waals surface area contributed by atoms with Crippen LogP contribution in [-0.2, 0) is 16.8 Å². The van der Waals surface area contributed by atoms with Crippen molar-refractivity contribution in [3.05, 3.63) is 65.0 Å². The summed E-state index contributed by atoms with van der Waals surface area (Å²) in [6, 6.07) is 13.0. The predicted molar refractivity (Wildman–Crippen MR) is 126 cm³/mol. The van der Waals surface area contributed by atoms with Gasteiger partial charge in [-0.2, -0.15) is 12.7 Å². The van der Waals surface area contributed by atoms with Crippen molar-refractivity contribution >= 4 is 16.1 Å². The first-order valence-corrected chi connectivity index (χ1v) is 13.4. The molecule has 0 bridgehead atoms. The molecule has 0 unspecified atom stereocenters. The van der Waals surface area contributed by atoms with Gasteiger partial charge in [0, 0.05) is 32.2 Å². The molecule has 3 fully saturated rings. The lowest BCUT2D eigenvalue weighted by Crippen LogP contribution is -2.49. The van der Waals surface area contributed by atoms with Crippen LogP contribution in [0.2, 0.25) is 0 Å². The number of hydrogen-bond donors (Lipinski definition) is 1. The van der Waals surface area contributed by atoms with Crippen molar-refractivity contribution in [3.8, 4) is 5.75 Å². The van der Waals surface area contributed by atoms with Gasteiger partial charge in [0.05, 0.1) is 5.56 Å². The number of benzene rings is 2. The van der Waals surface area contributed by atoms with Gasteiger partial charge in [-0.3, -0.25) is 9.69 Å². The van der Waals surface area contributed by atoms with Gasteiger partial charge in [0.15, 0.2) is 0 Å². The minimum absolute atomic E-state index is 0.0687. The van der Waals surface area contributed by atoms with Gasteiger partial charge in [0.2, 0.25) is 0 Å². The number of amides is 1. The highest BCUT2D eigenvalue weighted by atomic mass is 32.2. The van der Waals surface area contributed by atoms with Crippen LogP contribution in [0.4, 0.5) is 4.39 Å². The van der Waals surface area contributed by atoms with Crippen LogP contribution < -0.4 is 9.46 Å². The SMILES string of the molecule is O=C(NS(=O)(=O)N1CCC1)c1cc(C2CC2)c(O[C@@H]2CCCN(Cc3ccccc3)C2)cc1F. The van der Waals surface area contributed by atoms with Crippen LogP contribution in [0.5, 0.6) is 5.75 Å². The maximum Gasteiger partial charge on any atom is 0.304 e. The molecule has 1 saturated carbocycles. The van der Waals surface area contributed by atoms with E-state index in [0.717, 1.165) is 57.3 Å². The Bertz CT molecular complexity index is 1150. The molecule has 182 valence electrons. The van der Waals surface area contributed by atoms with E-state index in [4.69, 9.17) is 4.74 Å². The van der Waals surface area contributed by atoms with E-state index in [2.05, 4.69) is 17.0 Å². The average molecular weight is 488 g/mol. The Morgan fingerprint density at radius 2 is 1.82 bits per heavy atom. The normalized spacial score (nSPS) is 21.6. The molecule has 2 heterocycles. The summed E-state index contributed by atoms with van der Waals surface area (Å²) in [4.78, 5) is 15.0. The highest BCUT2D eigenvalue weighted by Crippen LogP contribution is 2.45. The third-order valence-electron chi connectivity index (χ3n) is 6.74. The molecule has 2 aromatic carbocycles. The molecule has 5 rings (SSSR count). The van der Waals surface area contributed by atoms with Crippen molar-refractivity contribution < 1.29 is 22.3 Å². The summed E-state index contributed by atoms with van der Waals surface area (Å²) in [6.45, 7) is 3.32. The number of likely N-dealkylation sites (tertiary alicyclic amines) is 1. The van der Waals surface area contributed by atoms with Crippen LogP contribution in [0.3, 0.4) is 0 Å². The Hall–Kier alpha value is -2.49. The first-order chi connectivity index (χ1) is 16.4. The second kappa shape index (κ2) is 9.64. The second-order valence-electron chi connectivity index (χ2n) is 9.44. The van der Waals surface area contributed by atoms with Crippen LogP contribution >= 0.6 is 0 Å². The third-order valence-corrected chi connectivity index (χ3v) is 8.23. The smallest absolute Gasteiger partial charge is 0.304 e. The van der Waals surface area contributed by atoms with E-state index in [-0.39, 0.29) is 17.6 Å². The number of hydrogen-bond acceptors (Lipinski definition) is 5. The summed E-state index contributed by atoms with van der Waals surface area (Å²) < 4.78 is 49.0. The van der Waals surface area contributed by atoms with Crippen LogP contribution in [0.25, 0.3) is 0 Å². The van der Waals surface area contributed by atoms with Gasteiger partial charge in [-0.15, -0.1) is 0 Å². The van der Waals surface area contributed by atoms with Crippen molar-refractivity contribution in [3.63, 3.8) is 0 Å². The molecular weight excluding hydrogens is 457 g/mol. The highest BCUT2D eigenvalue weighted by molar-refractivity contribution is 7.87. The Balaban J connectivity index is 1.30. The van der Waals surface area contributed by atoms with E-state index in [9.17, 15) is 17.6 Å². The average Bonchev–Trinajstić information content (AvgIpc) is 3.58. The van der Waals surface area contributed by atoms with Crippen LogP contribution in [0.15, 0.2) is 42.5 Å². The molecular formula is C25H30FN3O4S. The molecule has 3 aliphatic rings. The Kier molecular flexibility index (Phi) is 6.59. The summed E-state index contributed by atoms with van der Waals surface area (Å²) in [5.74, 6) is -1.04. The molecule has 0 aromatic heterocycles. The maximum absolute atomic E-state index is 15.0. The van der Waals surface area contributed by atoms with Crippen LogP contribution in [0.1, 0.15) is 59.5 Å². The quantitative estimate of drug-likeness (QED) is 0.617. The Labute approximate surface area is 200 Å². The zero-order valence-corrected chi connectivity index (χ0v) is 19.9. The van der Waals surface area contributed by atoms with Crippen molar-refractivity contribution in [1.29, 1.82) is 0 Å². The number of ether oxygens (including phenoxy) is 1. The van der Waals surface area contributed by atoms with Gasteiger partial charge in [-0.1, -0.05) is 30.3 Å². The number of nitrogens with zero attached hydrogens (tertiary/aromatic N) is 2. The number of piperidine rings is 1. The largest absolute Gasteiger partial charge is 0.489 e. The lowest BCUT2D eigenvalue weighted by Gasteiger charge is -2.33. The topological polar surface area (TPSA) is 79.0 Å². The van der Waals surface area contributed by atoms with Gasteiger partial charge in [0.1, 0.15) is 17.7 Å². The highest BCUT2D eigenvalue weighted by Gasteiger charge is 2.33. The third kappa shape index (κ3) is 5.26. The molecule has 1 N–H and O–H groups in total. The van der Waals surface area contributed by atoms with Gasteiger partial charge < -0.3 is 4.74 Å². The summed E-state index contributed by atoms with van der Waals surface area (Å²) >= 11 is 0. The molecule has 2 aromatic rings. The van der Waals surface area contributed by atoms with Crippen molar-refractivity contribution in [2.24, 2.45) is 0 Å². The summed E-state index contributed by atoms with van der Waals surface area (Å²) in [5.41, 5.74) is 1.78. The second-order valence-corrected chi connectivity index (χ2v) is 11.1. The lowest BCUT2D eigenvalue weighted by atomic mass is 10.0. The van der Waals surface area contributed by atoms with Crippen molar-refractivity contribution in [1.82, 2.24) is 13.9 Å². The van der Waals surface area contributed by atoms with Crippen molar-refractivity contribution in [2.75, 3.05) is 26.2 Å². The summed E-state index contributed by atoms with van der Waals surface area (Å²) in [7, 11) is -3.94. The summed E-state index contributed by atoms with van der Waals surface area (Å²) in [6.07, 6.45) is 4.45. The molecule has 0 spiro atoms. The number of carbonyl (C=O) groups is 1. The molecule has 2 aliphatic heterocycles. The van der Waals surface area contributed by atoms with Gasteiger partial charge >= 0.3 is 10.2 Å². The van der Waals surface area contributed by atoms with Gasteiger partial charge in [-0.05, 0) is 61.8 Å². The zero-order chi connectivity index (χ0) is 23.7. The van der Waals surface area contributed by atoms with Crippen LogP contribution in [0, 0.1) is 5.82 Å².